The van der Waals surface area contributed by atoms with E-state index in [2.05, 4.69) is 15.5 Å². The Morgan fingerprint density at radius 3 is 2.75 bits per heavy atom. The molecule has 0 radical (unpaired) electrons. The lowest BCUT2D eigenvalue weighted by Crippen LogP contribution is -2.21. The fourth-order valence-corrected chi connectivity index (χ4v) is 2.49. The Morgan fingerprint density at radius 1 is 1.33 bits per heavy atom. The van der Waals surface area contributed by atoms with E-state index in [9.17, 15) is 27.9 Å². The van der Waals surface area contributed by atoms with Crippen LogP contribution in [0.25, 0.3) is 11.0 Å². The van der Waals surface area contributed by atoms with E-state index in [0.29, 0.717) is 11.3 Å². The molecule has 0 aliphatic carbocycles. The summed E-state index contributed by atoms with van der Waals surface area (Å²) in [7, 11) is 0. The Balaban J connectivity index is 2.00. The molecule has 0 saturated carbocycles. The fraction of sp³-hybridized carbons (Fsp3) is 0.0769. The molecule has 2 N–H and O–H groups in total. The zero-order chi connectivity index (χ0) is 17.4. The van der Waals surface area contributed by atoms with Crippen LogP contribution in [0, 0.1) is 5.82 Å². The van der Waals surface area contributed by atoms with Crippen molar-refractivity contribution in [2.75, 3.05) is 5.32 Å². The maximum Gasteiger partial charge on any atom is 0.353 e. The van der Waals surface area contributed by atoms with Crippen molar-refractivity contribution >= 4 is 33.3 Å². The second-order valence-corrected chi connectivity index (χ2v) is 5.46. The molecule has 1 amide bonds. The van der Waals surface area contributed by atoms with E-state index < -0.39 is 40.1 Å². The highest BCUT2D eigenvalue weighted by Gasteiger charge is 2.23. The number of hydrogen-bond acceptors (Lipinski definition) is 7. The normalized spacial score (nSPS) is 11.2. The number of aromatic nitrogens is 2. The zero-order valence-electron chi connectivity index (χ0n) is 11.4. The maximum atomic E-state index is 13.1. The predicted molar refractivity (Wildman–Crippen MR) is 76.9 cm³/mol. The third kappa shape index (κ3) is 2.80. The van der Waals surface area contributed by atoms with Crippen LogP contribution in [-0.4, -0.2) is 21.2 Å². The number of amides is 1. The Kier molecular flexibility index (Phi) is 3.93. The predicted octanol–water partition coefficient (Wildman–Crippen LogP) is 2.68. The molecular weight excluding hydrogens is 351 g/mol. The maximum absolute atomic E-state index is 13.1. The van der Waals surface area contributed by atoms with Crippen LogP contribution >= 0.6 is 11.3 Å². The Morgan fingerprint density at radius 2 is 2.08 bits per heavy atom. The van der Waals surface area contributed by atoms with Crippen molar-refractivity contribution in [3.05, 3.63) is 45.0 Å². The molecule has 3 rings (SSSR count). The molecular formula is C13H6F3N3O4S. The minimum atomic E-state index is -2.86. The summed E-state index contributed by atoms with van der Waals surface area (Å²) in [4.78, 5) is 23.9. The SMILES string of the molecule is O=C(Nc1nnc(C(F)F)s1)c1c(O)c2ccc(F)cc2oc1=O. The van der Waals surface area contributed by atoms with Crippen LogP contribution < -0.4 is 10.9 Å². The molecule has 124 valence electrons. The second kappa shape index (κ2) is 5.92. The van der Waals surface area contributed by atoms with Crippen LogP contribution in [-0.2, 0) is 0 Å². The molecule has 0 unspecified atom stereocenters. The molecule has 0 bridgehead atoms. The van der Waals surface area contributed by atoms with Crippen LogP contribution in [0.1, 0.15) is 21.8 Å². The fourth-order valence-electron chi connectivity index (χ4n) is 1.89. The van der Waals surface area contributed by atoms with E-state index in [-0.39, 0.29) is 16.1 Å². The van der Waals surface area contributed by atoms with E-state index in [1.165, 1.54) is 0 Å². The highest BCUT2D eigenvalue weighted by molar-refractivity contribution is 7.15. The summed E-state index contributed by atoms with van der Waals surface area (Å²) in [5.41, 5.74) is -2.23. The minimum Gasteiger partial charge on any atom is -0.506 e. The van der Waals surface area contributed by atoms with E-state index in [1.54, 1.807) is 0 Å². The first-order valence-electron chi connectivity index (χ1n) is 6.25. The Labute approximate surface area is 134 Å². The van der Waals surface area contributed by atoms with Crippen LogP contribution in [0.4, 0.5) is 18.3 Å². The van der Waals surface area contributed by atoms with E-state index in [4.69, 9.17) is 4.42 Å². The molecule has 11 heteroatoms. The molecule has 3 aromatic rings. The summed E-state index contributed by atoms with van der Waals surface area (Å²) in [6.45, 7) is 0. The first-order valence-corrected chi connectivity index (χ1v) is 7.06. The van der Waals surface area contributed by atoms with Crippen molar-refractivity contribution in [1.82, 2.24) is 10.2 Å². The lowest BCUT2D eigenvalue weighted by Gasteiger charge is -2.05. The summed E-state index contributed by atoms with van der Waals surface area (Å²) in [6.07, 6.45) is -2.86. The first kappa shape index (κ1) is 15.9. The molecule has 24 heavy (non-hydrogen) atoms. The van der Waals surface area contributed by atoms with Gasteiger partial charge in [-0.2, -0.15) is 0 Å². The van der Waals surface area contributed by atoms with Gasteiger partial charge in [-0.15, -0.1) is 10.2 Å². The molecule has 7 nitrogen and oxygen atoms in total. The first-order chi connectivity index (χ1) is 11.4. The minimum absolute atomic E-state index is 0.0633. The number of carbonyl (C=O) groups excluding carboxylic acids is 1. The summed E-state index contributed by atoms with van der Waals surface area (Å²) in [6, 6.07) is 3.00. The molecule has 1 aromatic carbocycles. The average Bonchev–Trinajstić information content (AvgIpc) is 2.95. The number of hydrogen-bond donors (Lipinski definition) is 2. The molecule has 2 aromatic heterocycles. The van der Waals surface area contributed by atoms with Crippen LogP contribution in [0.15, 0.2) is 27.4 Å². The third-order valence-electron chi connectivity index (χ3n) is 2.92. The van der Waals surface area contributed by atoms with Gasteiger partial charge in [-0.3, -0.25) is 10.1 Å². The standard InChI is InChI=1S/C13H6F3N3O4S/c14-4-1-2-5-6(3-4)23-12(22)7(8(5)20)10(21)17-13-19-18-11(24-13)9(15)16/h1-3,9,20H,(H,17,19,21). The van der Waals surface area contributed by atoms with E-state index >= 15 is 0 Å². The molecule has 0 aliphatic heterocycles. The summed E-state index contributed by atoms with van der Waals surface area (Å²) in [5, 5.41) is 17.7. The topological polar surface area (TPSA) is 105 Å². The van der Waals surface area contributed by atoms with E-state index in [1.807, 2.05) is 0 Å². The summed E-state index contributed by atoms with van der Waals surface area (Å²) < 4.78 is 42.8. The van der Waals surface area contributed by atoms with Gasteiger partial charge in [-0.1, -0.05) is 11.3 Å². The van der Waals surface area contributed by atoms with Crippen molar-refractivity contribution in [1.29, 1.82) is 0 Å². The molecule has 2 heterocycles. The summed E-state index contributed by atoms with van der Waals surface area (Å²) >= 11 is 0.413. The molecule has 0 aliphatic rings. The number of aromatic hydroxyl groups is 1. The van der Waals surface area contributed by atoms with Gasteiger partial charge in [0.15, 0.2) is 10.6 Å². The monoisotopic (exact) mass is 357 g/mol. The number of alkyl halides is 2. The van der Waals surface area contributed by atoms with Crippen LogP contribution in [0.2, 0.25) is 0 Å². The van der Waals surface area contributed by atoms with Gasteiger partial charge in [-0.25, -0.2) is 18.0 Å². The highest BCUT2D eigenvalue weighted by atomic mass is 32.1. The van der Waals surface area contributed by atoms with Gasteiger partial charge in [0, 0.05) is 6.07 Å². The number of benzene rings is 1. The number of nitrogens with one attached hydrogen (secondary N) is 1. The second-order valence-electron chi connectivity index (χ2n) is 4.45. The van der Waals surface area contributed by atoms with Gasteiger partial charge in [0.1, 0.15) is 17.1 Å². The van der Waals surface area contributed by atoms with Crippen molar-refractivity contribution in [2.45, 2.75) is 6.43 Å². The smallest absolute Gasteiger partial charge is 0.353 e. The lowest BCUT2D eigenvalue weighted by molar-refractivity contribution is 0.102. The number of fused-ring (bicyclic) bond motifs is 1. The van der Waals surface area contributed by atoms with Gasteiger partial charge in [-0.05, 0) is 12.1 Å². The number of halogens is 3. The quantitative estimate of drug-likeness (QED) is 0.698. The van der Waals surface area contributed by atoms with E-state index in [0.717, 1.165) is 18.2 Å². The number of rotatable bonds is 3. The average molecular weight is 357 g/mol. The largest absolute Gasteiger partial charge is 0.506 e. The highest BCUT2D eigenvalue weighted by Crippen LogP contribution is 2.29. The van der Waals surface area contributed by atoms with Crippen LogP contribution in [0.3, 0.4) is 0 Å². The molecule has 0 spiro atoms. The van der Waals surface area contributed by atoms with Gasteiger partial charge in [0.05, 0.1) is 5.39 Å². The lowest BCUT2D eigenvalue weighted by atomic mass is 10.1. The van der Waals surface area contributed by atoms with Gasteiger partial charge in [0.25, 0.3) is 12.3 Å². The number of carbonyl (C=O) groups is 1. The van der Waals surface area contributed by atoms with Gasteiger partial charge < -0.3 is 9.52 Å². The van der Waals surface area contributed by atoms with Crippen LogP contribution in [0.5, 0.6) is 5.75 Å². The Bertz CT molecular complexity index is 1000. The van der Waals surface area contributed by atoms with Crippen molar-refractivity contribution < 1.29 is 27.5 Å². The summed E-state index contributed by atoms with van der Waals surface area (Å²) in [5.74, 6) is -2.54. The van der Waals surface area contributed by atoms with Crippen molar-refractivity contribution in [3.63, 3.8) is 0 Å². The van der Waals surface area contributed by atoms with Gasteiger partial charge >= 0.3 is 5.63 Å². The molecule has 0 fully saturated rings. The number of nitrogens with zero attached hydrogens (tertiary/aromatic N) is 2. The van der Waals surface area contributed by atoms with Crippen molar-refractivity contribution in [2.24, 2.45) is 0 Å². The zero-order valence-corrected chi connectivity index (χ0v) is 12.2. The van der Waals surface area contributed by atoms with Gasteiger partial charge in [0.2, 0.25) is 5.13 Å². The number of anilines is 1. The third-order valence-corrected chi connectivity index (χ3v) is 3.76. The van der Waals surface area contributed by atoms with Crippen molar-refractivity contribution in [3.8, 4) is 5.75 Å². The Hall–Kier alpha value is -2.95. The molecule has 0 saturated heterocycles. The molecule has 0 atom stereocenters.